The minimum absolute atomic E-state index is 0.565. The molecule has 0 aromatic heterocycles. The van der Waals surface area contributed by atoms with Gasteiger partial charge in [0.25, 0.3) is 0 Å². The van der Waals surface area contributed by atoms with Gasteiger partial charge >= 0.3 is 0 Å². The summed E-state index contributed by atoms with van der Waals surface area (Å²) in [5.41, 5.74) is 2.76. The molecule has 1 saturated carbocycles. The summed E-state index contributed by atoms with van der Waals surface area (Å²) in [7, 11) is 1.85. The highest BCUT2D eigenvalue weighted by molar-refractivity contribution is 7.99. The summed E-state index contributed by atoms with van der Waals surface area (Å²) in [5, 5.41) is 7.82. The number of aliphatic imine (C=N–C) groups is 1. The molecule has 0 heterocycles. The average Bonchev–Trinajstić information content (AvgIpc) is 2.99. The number of nitrogens with one attached hydrogen (secondary N) is 2. The highest BCUT2D eigenvalue weighted by atomic mass is 32.2. The van der Waals surface area contributed by atoms with Gasteiger partial charge in [-0.2, -0.15) is 11.8 Å². The minimum atomic E-state index is 0.565. The van der Waals surface area contributed by atoms with Crippen molar-refractivity contribution in [3.63, 3.8) is 0 Å². The van der Waals surface area contributed by atoms with Gasteiger partial charge in [0.1, 0.15) is 0 Å². The summed E-state index contributed by atoms with van der Waals surface area (Å²) < 4.78 is 0. The molecular formula is C17H27N3S. The molecule has 0 amide bonds. The lowest BCUT2D eigenvalue weighted by molar-refractivity contribution is 0.614. The Kier molecular flexibility index (Phi) is 6.43. The van der Waals surface area contributed by atoms with Crippen molar-refractivity contribution >= 4 is 17.7 Å². The van der Waals surface area contributed by atoms with E-state index in [9.17, 15) is 0 Å². The standard InChI is InChI=1S/C17H27N3S/c1-4-13-7-5-6-8-14(13)12-19-17(18-2)20-15-9-10-16(11-15)21-3/h5-8,15-16H,4,9-12H2,1-3H3,(H2,18,19,20). The molecule has 0 bridgehead atoms. The molecule has 0 spiro atoms. The van der Waals surface area contributed by atoms with Crippen LogP contribution in [0.25, 0.3) is 0 Å². The number of hydrogen-bond acceptors (Lipinski definition) is 2. The Morgan fingerprint density at radius 2 is 2.05 bits per heavy atom. The van der Waals surface area contributed by atoms with Crippen molar-refractivity contribution in [3.05, 3.63) is 35.4 Å². The van der Waals surface area contributed by atoms with Crippen LogP contribution in [0.3, 0.4) is 0 Å². The van der Waals surface area contributed by atoms with Crippen LogP contribution in [0.2, 0.25) is 0 Å². The summed E-state index contributed by atoms with van der Waals surface area (Å²) in [5.74, 6) is 0.924. The molecule has 4 heteroatoms. The highest BCUT2D eigenvalue weighted by Gasteiger charge is 2.24. The van der Waals surface area contributed by atoms with Crippen molar-refractivity contribution in [2.45, 2.75) is 50.4 Å². The third-order valence-electron chi connectivity index (χ3n) is 4.23. The number of guanidine groups is 1. The van der Waals surface area contributed by atoms with Gasteiger partial charge in [0.05, 0.1) is 0 Å². The molecule has 1 aromatic rings. The van der Waals surface area contributed by atoms with Gasteiger partial charge in [-0.3, -0.25) is 4.99 Å². The van der Waals surface area contributed by atoms with Crippen molar-refractivity contribution in [2.24, 2.45) is 4.99 Å². The predicted octanol–water partition coefficient (Wildman–Crippen LogP) is 3.20. The van der Waals surface area contributed by atoms with E-state index in [-0.39, 0.29) is 0 Å². The Bertz CT molecular complexity index is 473. The molecule has 2 N–H and O–H groups in total. The van der Waals surface area contributed by atoms with Gasteiger partial charge in [-0.1, -0.05) is 31.2 Å². The second-order valence-electron chi connectivity index (χ2n) is 5.56. The molecule has 1 aromatic carbocycles. The molecule has 1 aliphatic carbocycles. The quantitative estimate of drug-likeness (QED) is 0.648. The van der Waals surface area contributed by atoms with Gasteiger partial charge < -0.3 is 10.6 Å². The number of aryl methyl sites for hydroxylation is 1. The fourth-order valence-electron chi connectivity index (χ4n) is 2.93. The SMILES string of the molecule is CCc1ccccc1CNC(=NC)NC1CCC(SC)C1. The average molecular weight is 305 g/mol. The molecule has 2 atom stereocenters. The molecule has 0 saturated heterocycles. The second-order valence-corrected chi connectivity index (χ2v) is 6.70. The Morgan fingerprint density at radius 3 is 2.67 bits per heavy atom. The van der Waals surface area contributed by atoms with E-state index in [1.165, 1.54) is 30.4 Å². The smallest absolute Gasteiger partial charge is 0.191 e. The topological polar surface area (TPSA) is 36.4 Å². The molecule has 116 valence electrons. The monoisotopic (exact) mass is 305 g/mol. The fourth-order valence-corrected chi connectivity index (χ4v) is 3.72. The predicted molar refractivity (Wildman–Crippen MR) is 94.1 cm³/mol. The number of rotatable bonds is 5. The minimum Gasteiger partial charge on any atom is -0.354 e. The van der Waals surface area contributed by atoms with E-state index in [0.717, 1.165) is 24.2 Å². The van der Waals surface area contributed by atoms with E-state index in [1.54, 1.807) is 0 Å². The van der Waals surface area contributed by atoms with Crippen molar-refractivity contribution < 1.29 is 0 Å². The lowest BCUT2D eigenvalue weighted by Gasteiger charge is -2.18. The zero-order valence-corrected chi connectivity index (χ0v) is 14.2. The Morgan fingerprint density at radius 1 is 1.29 bits per heavy atom. The molecule has 21 heavy (non-hydrogen) atoms. The summed E-state index contributed by atoms with van der Waals surface area (Å²) >= 11 is 1.99. The second kappa shape index (κ2) is 8.32. The Hall–Kier alpha value is -1.16. The van der Waals surface area contributed by atoms with Crippen LogP contribution in [0.15, 0.2) is 29.3 Å². The lowest BCUT2D eigenvalue weighted by Crippen LogP contribution is -2.42. The van der Waals surface area contributed by atoms with E-state index >= 15 is 0 Å². The van der Waals surface area contributed by atoms with Crippen LogP contribution in [0, 0.1) is 0 Å². The molecule has 1 fully saturated rings. The number of benzene rings is 1. The molecule has 2 rings (SSSR count). The van der Waals surface area contributed by atoms with Gasteiger partial charge in [0, 0.05) is 24.9 Å². The number of thioether (sulfide) groups is 1. The first-order valence-corrected chi connectivity index (χ1v) is 9.12. The zero-order chi connectivity index (χ0) is 15.1. The molecule has 0 aliphatic heterocycles. The van der Waals surface area contributed by atoms with Gasteiger partial charge in [0.2, 0.25) is 0 Å². The summed E-state index contributed by atoms with van der Waals surface area (Å²) in [6.07, 6.45) is 7.09. The summed E-state index contributed by atoms with van der Waals surface area (Å²) in [4.78, 5) is 4.36. The molecule has 1 aliphatic rings. The van der Waals surface area contributed by atoms with Crippen molar-refractivity contribution in [1.82, 2.24) is 10.6 Å². The summed E-state index contributed by atoms with van der Waals surface area (Å²) in [6.45, 7) is 3.04. The van der Waals surface area contributed by atoms with Crippen LogP contribution in [0.1, 0.15) is 37.3 Å². The van der Waals surface area contributed by atoms with Crippen LogP contribution in [-0.2, 0) is 13.0 Å². The van der Waals surface area contributed by atoms with Crippen molar-refractivity contribution in [1.29, 1.82) is 0 Å². The Balaban J connectivity index is 1.86. The normalized spacial score (nSPS) is 22.3. The third kappa shape index (κ3) is 4.67. The van der Waals surface area contributed by atoms with E-state index in [1.807, 2.05) is 18.8 Å². The largest absolute Gasteiger partial charge is 0.354 e. The summed E-state index contributed by atoms with van der Waals surface area (Å²) in [6, 6.07) is 9.17. The maximum atomic E-state index is 4.36. The van der Waals surface area contributed by atoms with Gasteiger partial charge in [0.15, 0.2) is 5.96 Å². The first kappa shape index (κ1) is 16.2. The molecule has 2 unspecified atom stereocenters. The van der Waals surface area contributed by atoms with Crippen LogP contribution >= 0.6 is 11.8 Å². The third-order valence-corrected chi connectivity index (χ3v) is 5.32. The highest BCUT2D eigenvalue weighted by Crippen LogP contribution is 2.28. The van der Waals surface area contributed by atoms with E-state index in [2.05, 4.69) is 53.1 Å². The van der Waals surface area contributed by atoms with E-state index in [4.69, 9.17) is 0 Å². The maximum Gasteiger partial charge on any atom is 0.191 e. The first-order valence-electron chi connectivity index (χ1n) is 7.83. The maximum absolute atomic E-state index is 4.36. The van der Waals surface area contributed by atoms with Crippen LogP contribution in [0.4, 0.5) is 0 Å². The van der Waals surface area contributed by atoms with Gasteiger partial charge in [-0.25, -0.2) is 0 Å². The molecule has 0 radical (unpaired) electrons. The lowest BCUT2D eigenvalue weighted by atomic mass is 10.1. The fraction of sp³-hybridized carbons (Fsp3) is 0.588. The van der Waals surface area contributed by atoms with Crippen LogP contribution in [0.5, 0.6) is 0 Å². The van der Waals surface area contributed by atoms with Crippen molar-refractivity contribution in [2.75, 3.05) is 13.3 Å². The molecule has 3 nitrogen and oxygen atoms in total. The zero-order valence-electron chi connectivity index (χ0n) is 13.4. The first-order chi connectivity index (χ1) is 10.3. The number of hydrogen-bond donors (Lipinski definition) is 2. The van der Waals surface area contributed by atoms with E-state index in [0.29, 0.717) is 6.04 Å². The van der Waals surface area contributed by atoms with Crippen LogP contribution < -0.4 is 10.6 Å². The van der Waals surface area contributed by atoms with Crippen LogP contribution in [-0.4, -0.2) is 30.6 Å². The number of nitrogens with zero attached hydrogens (tertiary/aromatic N) is 1. The van der Waals surface area contributed by atoms with Gasteiger partial charge in [-0.05, 0) is 43.1 Å². The Labute approximate surface area is 133 Å². The van der Waals surface area contributed by atoms with E-state index < -0.39 is 0 Å². The molecular weight excluding hydrogens is 278 g/mol. The van der Waals surface area contributed by atoms with Gasteiger partial charge in [-0.15, -0.1) is 0 Å². The van der Waals surface area contributed by atoms with Crippen molar-refractivity contribution in [3.8, 4) is 0 Å².